The summed E-state index contributed by atoms with van der Waals surface area (Å²) in [5, 5.41) is 0. The monoisotopic (exact) mass is 218 g/mol. The van der Waals surface area contributed by atoms with Crippen molar-refractivity contribution >= 4 is 17.6 Å². The summed E-state index contributed by atoms with van der Waals surface area (Å²) >= 11 is 5.41. The molecule has 2 unspecified atom stereocenters. The molecule has 0 spiro atoms. The van der Waals surface area contributed by atoms with Gasteiger partial charge in [-0.2, -0.15) is 0 Å². The average molecular weight is 219 g/mol. The first kappa shape index (κ1) is 10.2. The topological polar surface area (TPSA) is 30.7 Å². The molecule has 0 aromatic carbocycles. The van der Waals surface area contributed by atoms with Gasteiger partial charge >= 0.3 is 5.97 Å². The summed E-state index contributed by atoms with van der Waals surface area (Å²) in [4.78, 5) is 12.7. The Bertz CT molecular complexity index is 220. The van der Waals surface area contributed by atoms with Crippen LogP contribution in [-0.4, -0.2) is 37.1 Å². The third kappa shape index (κ3) is 1.89. The van der Waals surface area contributed by atoms with Gasteiger partial charge in [0.1, 0.15) is 12.0 Å². The highest BCUT2D eigenvalue weighted by Crippen LogP contribution is 2.24. The predicted octanol–water partition coefficient (Wildman–Crippen LogP) is -0.0235. The zero-order chi connectivity index (χ0) is 10.1. The van der Waals surface area contributed by atoms with Crippen molar-refractivity contribution in [1.82, 2.24) is 0 Å². The van der Waals surface area contributed by atoms with Crippen LogP contribution < -0.4 is 4.90 Å². The van der Waals surface area contributed by atoms with E-state index in [-0.39, 0.29) is 18.0 Å². The molecular formula is C10H17ClNO2+. The van der Waals surface area contributed by atoms with Gasteiger partial charge in [0.05, 0.1) is 19.1 Å². The molecule has 4 heteroatoms. The molecule has 2 aliphatic heterocycles. The summed E-state index contributed by atoms with van der Waals surface area (Å²) in [6, 6.07) is 1.39. The van der Waals surface area contributed by atoms with E-state index in [9.17, 15) is 4.79 Å². The van der Waals surface area contributed by atoms with Crippen LogP contribution in [0.5, 0.6) is 0 Å². The molecule has 14 heavy (non-hydrogen) atoms. The van der Waals surface area contributed by atoms with Crippen LogP contribution >= 0.6 is 11.6 Å². The van der Waals surface area contributed by atoms with E-state index in [1.165, 1.54) is 12.8 Å². The Labute approximate surface area is 89.4 Å². The minimum absolute atomic E-state index is 0.0193. The third-order valence-electron chi connectivity index (χ3n) is 3.65. The lowest BCUT2D eigenvalue weighted by Gasteiger charge is -2.32. The highest BCUT2D eigenvalue weighted by molar-refractivity contribution is 6.26. The van der Waals surface area contributed by atoms with Crippen LogP contribution in [0.15, 0.2) is 0 Å². The van der Waals surface area contributed by atoms with Gasteiger partial charge in [-0.1, -0.05) is 0 Å². The number of piperidine rings is 1. The molecule has 4 atom stereocenters. The molecule has 3 nitrogen and oxygen atoms in total. The number of hydrogen-bond donors (Lipinski definition) is 1. The number of quaternary nitrogens is 1. The number of carbonyl (C=O) groups is 1. The number of halogens is 1. The molecule has 0 amide bonds. The van der Waals surface area contributed by atoms with Crippen LogP contribution in [0.1, 0.15) is 25.7 Å². The second-order valence-electron chi connectivity index (χ2n) is 4.43. The number of fused-ring (bicyclic) bond motifs is 2. The van der Waals surface area contributed by atoms with Gasteiger partial charge in [0, 0.05) is 25.7 Å². The van der Waals surface area contributed by atoms with Crippen LogP contribution in [-0.2, 0) is 9.53 Å². The number of rotatable bonds is 2. The van der Waals surface area contributed by atoms with Crippen molar-refractivity contribution in [2.75, 3.05) is 12.9 Å². The Hall–Kier alpha value is -0.280. The Balaban J connectivity index is 1.90. The maximum absolute atomic E-state index is 11.0. The molecule has 0 aromatic rings. The number of alkyl halides is 1. The molecule has 0 aliphatic carbocycles. The lowest BCUT2D eigenvalue weighted by atomic mass is 10.0. The number of nitrogens with one attached hydrogen (secondary N) is 1. The first-order valence-electron chi connectivity index (χ1n) is 5.29. The fourth-order valence-electron chi connectivity index (χ4n) is 2.84. The van der Waals surface area contributed by atoms with E-state index in [1.54, 1.807) is 4.90 Å². The van der Waals surface area contributed by atoms with E-state index < -0.39 is 0 Å². The van der Waals surface area contributed by atoms with Crippen molar-refractivity contribution in [2.24, 2.45) is 0 Å². The molecule has 2 fully saturated rings. The van der Waals surface area contributed by atoms with E-state index in [4.69, 9.17) is 16.3 Å². The number of ether oxygens (including phenoxy) is 1. The number of carbonyl (C=O) groups excluding carboxylic acids is 1. The first-order valence-corrected chi connectivity index (χ1v) is 5.83. The van der Waals surface area contributed by atoms with Crippen molar-refractivity contribution in [2.45, 2.75) is 43.9 Å². The summed E-state index contributed by atoms with van der Waals surface area (Å²) in [6.45, 7) is 0. The Kier molecular flexibility index (Phi) is 2.98. The Morgan fingerprint density at radius 2 is 2.00 bits per heavy atom. The highest BCUT2D eigenvalue weighted by atomic mass is 35.5. The molecule has 0 saturated carbocycles. The van der Waals surface area contributed by atoms with Crippen LogP contribution in [0, 0.1) is 0 Å². The molecule has 2 heterocycles. The second-order valence-corrected chi connectivity index (χ2v) is 4.70. The van der Waals surface area contributed by atoms with E-state index in [0.717, 1.165) is 12.8 Å². The van der Waals surface area contributed by atoms with Crippen LogP contribution in [0.25, 0.3) is 0 Å². The zero-order valence-corrected chi connectivity index (χ0v) is 9.22. The summed E-state index contributed by atoms with van der Waals surface area (Å²) in [5.74, 6) is -0.287. The van der Waals surface area contributed by atoms with Gasteiger partial charge in [-0.05, 0) is 0 Å². The average Bonchev–Trinajstić information content (AvgIpc) is 2.42. The number of hydrogen-bond acceptors (Lipinski definition) is 2. The summed E-state index contributed by atoms with van der Waals surface area (Å²) in [6.07, 6.45) is 4.73. The van der Waals surface area contributed by atoms with E-state index in [1.807, 2.05) is 0 Å². The standard InChI is InChI=1S/C10H16ClNO2/c1-12-7-2-3-8(12)5-9(4-7)14-10(13)6-11/h7-9H,2-6H2,1H3/p+1/t7-,8+,9?. The smallest absolute Gasteiger partial charge is 0.321 e. The zero-order valence-electron chi connectivity index (χ0n) is 8.46. The summed E-state index contributed by atoms with van der Waals surface area (Å²) in [7, 11) is 2.25. The van der Waals surface area contributed by atoms with Crippen molar-refractivity contribution in [3.05, 3.63) is 0 Å². The van der Waals surface area contributed by atoms with Crippen molar-refractivity contribution < 1.29 is 14.4 Å². The SMILES string of the molecule is C[NH+]1[C@@H]2CC[C@H]1CC(OC(=O)CCl)C2. The first-order chi connectivity index (χ1) is 6.70. The van der Waals surface area contributed by atoms with Crippen molar-refractivity contribution in [3.63, 3.8) is 0 Å². The Morgan fingerprint density at radius 1 is 1.43 bits per heavy atom. The van der Waals surface area contributed by atoms with Gasteiger partial charge in [-0.25, -0.2) is 0 Å². The molecule has 0 aromatic heterocycles. The maximum Gasteiger partial charge on any atom is 0.321 e. The maximum atomic E-state index is 11.0. The largest absolute Gasteiger partial charge is 0.461 e. The summed E-state index contributed by atoms with van der Waals surface area (Å²) < 4.78 is 5.29. The third-order valence-corrected chi connectivity index (χ3v) is 3.87. The van der Waals surface area contributed by atoms with Gasteiger partial charge < -0.3 is 9.64 Å². The van der Waals surface area contributed by atoms with E-state index in [2.05, 4.69) is 7.05 Å². The second kappa shape index (κ2) is 4.07. The quantitative estimate of drug-likeness (QED) is 0.522. The fourth-order valence-corrected chi connectivity index (χ4v) is 2.91. The van der Waals surface area contributed by atoms with Crippen molar-refractivity contribution in [1.29, 1.82) is 0 Å². The molecular weight excluding hydrogens is 202 g/mol. The van der Waals surface area contributed by atoms with Crippen LogP contribution in [0.2, 0.25) is 0 Å². The molecule has 80 valence electrons. The van der Waals surface area contributed by atoms with Gasteiger partial charge in [0.2, 0.25) is 0 Å². The lowest BCUT2D eigenvalue weighted by molar-refractivity contribution is -0.923. The minimum Gasteiger partial charge on any atom is -0.461 e. The van der Waals surface area contributed by atoms with Gasteiger partial charge in [0.25, 0.3) is 0 Å². The molecule has 1 N–H and O–H groups in total. The van der Waals surface area contributed by atoms with Gasteiger partial charge in [0.15, 0.2) is 0 Å². The minimum atomic E-state index is -0.268. The molecule has 2 bridgehead atoms. The van der Waals surface area contributed by atoms with E-state index in [0.29, 0.717) is 12.1 Å². The molecule has 2 aliphatic rings. The summed E-state index contributed by atoms with van der Waals surface area (Å²) in [5.41, 5.74) is 0. The van der Waals surface area contributed by atoms with Gasteiger partial charge in [-0.3, -0.25) is 4.79 Å². The lowest BCUT2D eigenvalue weighted by Crippen LogP contribution is -3.15. The molecule has 0 radical (unpaired) electrons. The van der Waals surface area contributed by atoms with Crippen LogP contribution in [0.3, 0.4) is 0 Å². The van der Waals surface area contributed by atoms with Crippen LogP contribution in [0.4, 0.5) is 0 Å². The predicted molar refractivity (Wildman–Crippen MR) is 53.5 cm³/mol. The Morgan fingerprint density at radius 3 is 2.50 bits per heavy atom. The molecule has 2 rings (SSSR count). The molecule has 2 saturated heterocycles. The normalized spacial score (nSPS) is 41.0. The highest BCUT2D eigenvalue weighted by Gasteiger charge is 2.43. The number of esters is 1. The van der Waals surface area contributed by atoms with Gasteiger partial charge in [-0.15, -0.1) is 11.6 Å². The van der Waals surface area contributed by atoms with E-state index >= 15 is 0 Å². The fraction of sp³-hybridized carbons (Fsp3) is 0.900. The van der Waals surface area contributed by atoms with Crippen molar-refractivity contribution in [3.8, 4) is 0 Å².